The summed E-state index contributed by atoms with van der Waals surface area (Å²) in [4.78, 5) is 23.5. The molecule has 0 atom stereocenters. The number of rotatable bonds is 5. The fourth-order valence-corrected chi connectivity index (χ4v) is 2.18. The Morgan fingerprint density at radius 1 is 1.12 bits per heavy atom. The van der Waals surface area contributed by atoms with Gasteiger partial charge < -0.3 is 15.4 Å². The molecule has 2 aromatic rings. The van der Waals surface area contributed by atoms with Gasteiger partial charge in [0.1, 0.15) is 11.6 Å². The Labute approximate surface area is 143 Å². The SMILES string of the molecule is COc1ccc(CCNC(=O)C(=O)Nc2ccc(F)cc2Cl)cc1. The van der Waals surface area contributed by atoms with Crippen LogP contribution in [0.4, 0.5) is 10.1 Å². The summed E-state index contributed by atoms with van der Waals surface area (Å²) in [5, 5.41) is 4.87. The van der Waals surface area contributed by atoms with E-state index in [-0.39, 0.29) is 10.7 Å². The lowest BCUT2D eigenvalue weighted by Crippen LogP contribution is -2.36. The zero-order chi connectivity index (χ0) is 17.5. The monoisotopic (exact) mass is 350 g/mol. The molecule has 0 aliphatic carbocycles. The summed E-state index contributed by atoms with van der Waals surface area (Å²) in [5.41, 5.74) is 1.17. The lowest BCUT2D eigenvalue weighted by molar-refractivity contribution is -0.136. The first kappa shape index (κ1) is 17.7. The second kappa shape index (κ2) is 8.31. The van der Waals surface area contributed by atoms with Crippen LogP contribution in [0.15, 0.2) is 42.5 Å². The number of ether oxygens (including phenoxy) is 1. The maximum atomic E-state index is 12.9. The third kappa shape index (κ3) is 4.96. The Morgan fingerprint density at radius 2 is 1.83 bits per heavy atom. The van der Waals surface area contributed by atoms with E-state index in [9.17, 15) is 14.0 Å². The molecule has 7 heteroatoms. The standard InChI is InChI=1S/C17H16ClFN2O3/c1-24-13-5-2-11(3-6-13)8-9-20-16(22)17(23)21-15-7-4-12(19)10-14(15)18/h2-7,10H,8-9H2,1H3,(H,20,22)(H,21,23). The second-order valence-electron chi connectivity index (χ2n) is 4.93. The van der Waals surface area contributed by atoms with Gasteiger partial charge in [-0.1, -0.05) is 23.7 Å². The first-order valence-electron chi connectivity index (χ1n) is 7.17. The summed E-state index contributed by atoms with van der Waals surface area (Å²) in [6.45, 7) is 0.301. The van der Waals surface area contributed by atoms with Crippen LogP contribution in [0.5, 0.6) is 5.75 Å². The molecule has 5 nitrogen and oxygen atoms in total. The molecule has 0 spiro atoms. The molecule has 0 heterocycles. The zero-order valence-corrected chi connectivity index (χ0v) is 13.7. The number of anilines is 1. The van der Waals surface area contributed by atoms with Crippen LogP contribution < -0.4 is 15.4 Å². The first-order chi connectivity index (χ1) is 11.5. The minimum absolute atomic E-state index is 0.0226. The third-order valence-corrected chi connectivity index (χ3v) is 3.56. The molecule has 0 aliphatic rings. The predicted molar refractivity (Wildman–Crippen MR) is 89.7 cm³/mol. The molecule has 0 radical (unpaired) electrons. The molecule has 0 aromatic heterocycles. The Hall–Kier alpha value is -2.60. The summed E-state index contributed by atoms with van der Waals surface area (Å²) < 4.78 is 18.0. The minimum Gasteiger partial charge on any atom is -0.497 e. The van der Waals surface area contributed by atoms with Crippen molar-refractivity contribution < 1.29 is 18.7 Å². The lowest BCUT2D eigenvalue weighted by atomic mass is 10.1. The van der Waals surface area contributed by atoms with Crippen LogP contribution in [0, 0.1) is 5.82 Å². The highest BCUT2D eigenvalue weighted by Gasteiger charge is 2.14. The van der Waals surface area contributed by atoms with Gasteiger partial charge in [0.25, 0.3) is 0 Å². The molecule has 24 heavy (non-hydrogen) atoms. The highest BCUT2D eigenvalue weighted by Crippen LogP contribution is 2.22. The topological polar surface area (TPSA) is 67.4 Å². The Balaban J connectivity index is 1.81. The van der Waals surface area contributed by atoms with Gasteiger partial charge in [-0.15, -0.1) is 0 Å². The van der Waals surface area contributed by atoms with Crippen LogP contribution in [0.1, 0.15) is 5.56 Å². The maximum Gasteiger partial charge on any atom is 0.313 e. The van der Waals surface area contributed by atoms with Crippen LogP contribution >= 0.6 is 11.6 Å². The second-order valence-corrected chi connectivity index (χ2v) is 5.34. The molecular weight excluding hydrogens is 335 g/mol. The normalized spacial score (nSPS) is 10.1. The minimum atomic E-state index is -0.863. The van der Waals surface area contributed by atoms with Gasteiger partial charge in [0.15, 0.2) is 0 Å². The molecule has 2 aromatic carbocycles. The molecule has 0 unspecified atom stereocenters. The molecule has 0 fully saturated rings. The molecule has 0 saturated heterocycles. The van der Waals surface area contributed by atoms with E-state index >= 15 is 0 Å². The number of carbonyl (C=O) groups excluding carboxylic acids is 2. The van der Waals surface area contributed by atoms with Crippen molar-refractivity contribution in [1.82, 2.24) is 5.32 Å². The van der Waals surface area contributed by atoms with E-state index in [4.69, 9.17) is 16.3 Å². The number of amides is 2. The molecule has 0 aliphatic heterocycles. The van der Waals surface area contributed by atoms with Crippen LogP contribution in [-0.4, -0.2) is 25.5 Å². The van der Waals surface area contributed by atoms with Crippen LogP contribution in [0.2, 0.25) is 5.02 Å². The number of carbonyl (C=O) groups is 2. The third-order valence-electron chi connectivity index (χ3n) is 3.24. The molecule has 0 bridgehead atoms. The smallest absolute Gasteiger partial charge is 0.313 e. The quantitative estimate of drug-likeness (QED) is 0.815. The van der Waals surface area contributed by atoms with E-state index in [1.165, 1.54) is 6.07 Å². The number of nitrogens with one attached hydrogen (secondary N) is 2. The van der Waals surface area contributed by atoms with Gasteiger partial charge in [-0.3, -0.25) is 9.59 Å². The molecule has 2 N–H and O–H groups in total. The summed E-state index contributed by atoms with van der Waals surface area (Å²) in [5.74, 6) is -1.43. The average Bonchev–Trinajstić information content (AvgIpc) is 2.57. The van der Waals surface area contributed by atoms with Crippen LogP contribution in [0.25, 0.3) is 0 Å². The molecule has 2 rings (SSSR count). The molecule has 0 saturated carbocycles. The number of benzene rings is 2. The van der Waals surface area contributed by atoms with Crippen LogP contribution in [-0.2, 0) is 16.0 Å². The van der Waals surface area contributed by atoms with Crippen molar-refractivity contribution in [3.63, 3.8) is 0 Å². The van der Waals surface area contributed by atoms with Crippen LogP contribution in [0.3, 0.4) is 0 Å². The number of hydrogen-bond acceptors (Lipinski definition) is 3. The van der Waals surface area contributed by atoms with Crippen molar-refractivity contribution in [1.29, 1.82) is 0 Å². The molecule has 126 valence electrons. The van der Waals surface area contributed by atoms with Crippen molar-refractivity contribution >= 4 is 29.1 Å². The summed E-state index contributed by atoms with van der Waals surface area (Å²) in [6, 6.07) is 10.9. The maximum absolute atomic E-state index is 12.9. The van der Waals surface area contributed by atoms with Gasteiger partial charge in [-0.25, -0.2) is 4.39 Å². The van der Waals surface area contributed by atoms with Crippen molar-refractivity contribution in [3.8, 4) is 5.75 Å². The van der Waals surface area contributed by atoms with E-state index in [0.29, 0.717) is 13.0 Å². The van der Waals surface area contributed by atoms with E-state index in [1.54, 1.807) is 7.11 Å². The summed E-state index contributed by atoms with van der Waals surface area (Å²) in [7, 11) is 1.58. The van der Waals surface area contributed by atoms with Gasteiger partial charge in [0.2, 0.25) is 0 Å². The Kier molecular flexibility index (Phi) is 6.14. The number of hydrogen-bond donors (Lipinski definition) is 2. The highest BCUT2D eigenvalue weighted by molar-refractivity contribution is 6.41. The number of halogens is 2. The van der Waals surface area contributed by atoms with Crippen molar-refractivity contribution in [2.45, 2.75) is 6.42 Å². The summed E-state index contributed by atoms with van der Waals surface area (Å²) >= 11 is 5.79. The van der Waals surface area contributed by atoms with Gasteiger partial charge in [0, 0.05) is 6.54 Å². The van der Waals surface area contributed by atoms with Gasteiger partial charge in [0.05, 0.1) is 17.8 Å². The van der Waals surface area contributed by atoms with Gasteiger partial charge in [-0.2, -0.15) is 0 Å². The first-order valence-corrected chi connectivity index (χ1v) is 7.54. The molecule has 2 amide bonds. The van der Waals surface area contributed by atoms with Crippen molar-refractivity contribution in [2.75, 3.05) is 19.0 Å². The zero-order valence-electron chi connectivity index (χ0n) is 12.9. The van der Waals surface area contributed by atoms with E-state index in [2.05, 4.69) is 10.6 Å². The van der Waals surface area contributed by atoms with Crippen molar-refractivity contribution in [2.24, 2.45) is 0 Å². The van der Waals surface area contributed by atoms with Gasteiger partial charge >= 0.3 is 11.8 Å². The largest absolute Gasteiger partial charge is 0.497 e. The fourth-order valence-electron chi connectivity index (χ4n) is 1.96. The average molecular weight is 351 g/mol. The Morgan fingerprint density at radius 3 is 2.46 bits per heavy atom. The predicted octanol–water partition coefficient (Wildman–Crippen LogP) is 2.79. The molecular formula is C17H16ClFN2O3. The van der Waals surface area contributed by atoms with Crippen molar-refractivity contribution in [3.05, 3.63) is 58.9 Å². The van der Waals surface area contributed by atoms with E-state index in [0.717, 1.165) is 23.4 Å². The van der Waals surface area contributed by atoms with Gasteiger partial charge in [-0.05, 0) is 42.3 Å². The van der Waals surface area contributed by atoms with E-state index in [1.807, 2.05) is 24.3 Å². The Bertz CT molecular complexity index is 735. The van der Waals surface area contributed by atoms with E-state index < -0.39 is 17.6 Å². The number of methoxy groups -OCH3 is 1. The highest BCUT2D eigenvalue weighted by atomic mass is 35.5. The fraction of sp³-hybridized carbons (Fsp3) is 0.176. The summed E-state index contributed by atoms with van der Waals surface area (Å²) in [6.07, 6.45) is 0.570. The lowest BCUT2D eigenvalue weighted by Gasteiger charge is -2.08.